The van der Waals surface area contributed by atoms with Crippen LogP contribution < -0.4 is 148 Å². The number of phenolic OH excluding ortho intramolecular Hbond substituents is 1. The molecule has 20 heteroatoms. The second-order valence-corrected chi connectivity index (χ2v) is 16.2. The maximum absolute atomic E-state index is 12.4. The van der Waals surface area contributed by atoms with Gasteiger partial charge >= 0.3 is 183 Å². The summed E-state index contributed by atoms with van der Waals surface area (Å²) in [5.41, 5.74) is 4.38. The van der Waals surface area contributed by atoms with Crippen molar-refractivity contribution in [1.29, 1.82) is 0 Å². The number of carboxylic acid groups (broad SMARTS) is 2. The van der Waals surface area contributed by atoms with Crippen molar-refractivity contribution in [2.24, 2.45) is 11.8 Å². The molecule has 0 aliphatic carbocycles. The summed E-state index contributed by atoms with van der Waals surface area (Å²) in [6, 6.07) is 25.8. The molecule has 0 radical (unpaired) electrons. The van der Waals surface area contributed by atoms with Crippen LogP contribution in [0.3, 0.4) is 0 Å². The number of aromatic hydroxyl groups is 1. The van der Waals surface area contributed by atoms with Crippen molar-refractivity contribution in [1.82, 2.24) is 14.5 Å². The second-order valence-electron chi connectivity index (χ2n) is 15.0. The van der Waals surface area contributed by atoms with Crippen LogP contribution in [0.25, 0.3) is 22.2 Å². The van der Waals surface area contributed by atoms with Gasteiger partial charge in [-0.15, -0.1) is 0 Å². The monoisotopic (exact) mass is 1460 g/mol. The zero-order valence-corrected chi connectivity index (χ0v) is 58.4. The Morgan fingerprint density at radius 2 is 1.36 bits per heavy atom. The minimum absolute atomic E-state index is 0. The van der Waals surface area contributed by atoms with Gasteiger partial charge < -0.3 is 54.1 Å². The van der Waals surface area contributed by atoms with Crippen molar-refractivity contribution in [3.05, 3.63) is 118 Å². The van der Waals surface area contributed by atoms with Crippen LogP contribution in [0.2, 0.25) is 0 Å². The third-order valence-corrected chi connectivity index (χ3v) is 11.4. The van der Waals surface area contributed by atoms with Crippen LogP contribution in [-0.4, -0.2) is 93.6 Å². The third kappa shape index (κ3) is 25.6. The van der Waals surface area contributed by atoms with E-state index >= 15 is 0 Å². The predicted octanol–water partition coefficient (Wildman–Crippen LogP) is 4.27. The summed E-state index contributed by atoms with van der Waals surface area (Å²) in [5, 5.41) is 37.8. The van der Waals surface area contributed by atoms with Crippen molar-refractivity contribution < 1.29 is 204 Å². The molecule has 0 amide bonds. The molecule has 15 nitrogen and oxygen atoms in total. The first kappa shape index (κ1) is 68.6. The summed E-state index contributed by atoms with van der Waals surface area (Å²) in [6.07, 6.45) is 6.95. The van der Waals surface area contributed by atoms with Crippen LogP contribution in [0.5, 0.6) is 5.75 Å². The second kappa shape index (κ2) is 40.0. The van der Waals surface area contributed by atoms with Crippen LogP contribution in [0.1, 0.15) is 82.4 Å². The standard InChI is InChI=1S/C18H24N2O3.C12H17IN2O.C12H10O.C6H10O3.CH2O3.2Cs.Cu.HI/c1-4-23-18(21)16-13(3)20(17-15(16)6-5-9-19-17)12(2)14-7-10-22-11-8-14;1-9(10-4-7-16-8-5-10)15-12-11(13)3-2-6-14-12;13-12-9-5-4-8-11(12)10-6-2-1-3-7-10;1-3-9-6(8)4-5(2)7;2-1(3)4;;;;/h5-6,9,12,14H,4,7-8,10-11H2,1-3H3;2-3,6,9-10H,4-5,7-8H2,1H3,(H,14,15);1-9,13H;4,7H,3H2,1-2H3;(H2,2,3,4);;;;1H/q;;;;;3*+1;/p-2/b;;;5-4-;;;;;. The van der Waals surface area contributed by atoms with Gasteiger partial charge in [0.1, 0.15) is 17.2 Å². The number of ether oxygens (including phenoxy) is 4. The first-order chi connectivity index (χ1) is 32.2. The number of halogens is 2. The first-order valence-electron chi connectivity index (χ1n) is 21.7. The van der Waals surface area contributed by atoms with Gasteiger partial charge in [0.15, 0.2) is 0 Å². The van der Waals surface area contributed by atoms with Gasteiger partial charge in [0.05, 0.1) is 34.2 Å². The number of aliphatic hydroxyl groups excluding tert-OH is 1. The molecule has 0 spiro atoms. The normalized spacial score (nSPS) is 14.0. The number of esters is 2. The molecule has 2 aliphatic rings. The first-order valence-corrected chi connectivity index (χ1v) is 25.8. The van der Waals surface area contributed by atoms with E-state index in [1.807, 2.05) is 86.8 Å². The van der Waals surface area contributed by atoms with E-state index in [-0.39, 0.29) is 156 Å². The molecule has 2 fully saturated rings. The summed E-state index contributed by atoms with van der Waals surface area (Å²) >= 11 is 8.18. The summed E-state index contributed by atoms with van der Waals surface area (Å²) in [7, 11) is 0. The number of para-hydroxylation sites is 1. The molecule has 2 aliphatic heterocycles. The van der Waals surface area contributed by atoms with Gasteiger partial charge in [0, 0.05) is 67.5 Å². The van der Waals surface area contributed by atoms with Crippen LogP contribution in [0.15, 0.2) is 103 Å². The van der Waals surface area contributed by atoms with Gasteiger partial charge in [0.2, 0.25) is 6.16 Å². The molecule has 0 saturated carbocycles. The van der Waals surface area contributed by atoms with Crippen molar-refractivity contribution >= 4 is 77.9 Å². The number of anilines is 1. The van der Waals surface area contributed by atoms with Crippen LogP contribution >= 0.6 is 42.9 Å². The summed E-state index contributed by atoms with van der Waals surface area (Å²) in [6.45, 7) is 15.5. The number of phenols is 1. The van der Waals surface area contributed by atoms with Crippen LogP contribution in [0.4, 0.5) is 10.6 Å². The van der Waals surface area contributed by atoms with Crippen molar-refractivity contribution in [2.45, 2.75) is 79.3 Å². The molecular formula is C49H62Cs2CuI2N4O11+. The zero-order chi connectivity index (χ0) is 49.7. The van der Waals surface area contributed by atoms with Crippen LogP contribution in [-0.2, 0) is 36.5 Å². The number of hydrogen-bond acceptors (Lipinski definition) is 13. The topological polar surface area (TPSA) is 215 Å². The molecule has 5 heterocycles. The number of nitrogens with one attached hydrogen (secondary N) is 1. The van der Waals surface area contributed by atoms with Gasteiger partial charge in [-0.2, -0.15) is 0 Å². The Morgan fingerprint density at radius 3 is 1.90 bits per heavy atom. The Morgan fingerprint density at radius 1 is 0.841 bits per heavy atom. The van der Waals surface area contributed by atoms with Gasteiger partial charge in [-0.25, -0.2) is 19.6 Å². The number of carbonyl (C=O) groups is 3. The number of fused-ring (bicyclic) bond motifs is 1. The van der Waals surface area contributed by atoms with Gasteiger partial charge in [-0.05, 0) is 138 Å². The van der Waals surface area contributed by atoms with Gasteiger partial charge in [0.25, 0.3) is 0 Å². The molecule has 7 rings (SSSR count). The Labute approximate surface area is 557 Å². The molecular weight excluding hydrogens is 1400 g/mol. The number of allylic oxidation sites excluding steroid dienone is 1. The molecule has 2 aromatic carbocycles. The summed E-state index contributed by atoms with van der Waals surface area (Å²) in [4.78, 5) is 40.2. The van der Waals surface area contributed by atoms with Crippen LogP contribution in [0, 0.1) is 22.3 Å². The fourth-order valence-corrected chi connectivity index (χ4v) is 7.86. The SMILES string of the molecule is CC(Nc1ncccc1I)C1CCOCC1.CCOC(=O)/C=C(/C)O.CCOC(=O)c1c(C)n(C(C)C2CCOCC2)c2ncccc12.O=C([O-])O.Oc1ccccc1-c1ccccc1.[Cs+].[Cs+].[Cu][I]. The fraction of sp³-hybridized carbons (Fsp3) is 0.408. The van der Waals surface area contributed by atoms with Gasteiger partial charge in [-0.3, -0.25) is 0 Å². The van der Waals surface area contributed by atoms with E-state index in [4.69, 9.17) is 34.3 Å². The third-order valence-electron chi connectivity index (χ3n) is 10.5. The molecule has 4 N–H and O–H groups in total. The van der Waals surface area contributed by atoms with E-state index in [0.717, 1.165) is 91.9 Å². The Bertz CT molecular complexity index is 2260. The summed E-state index contributed by atoms with van der Waals surface area (Å²) in [5.74, 6) is 1.77. The van der Waals surface area contributed by atoms with Gasteiger partial charge in [-0.1, -0.05) is 48.5 Å². The number of aromatic nitrogens is 3. The van der Waals surface area contributed by atoms with E-state index in [9.17, 15) is 14.7 Å². The molecule has 69 heavy (non-hydrogen) atoms. The number of pyridine rings is 2. The maximum atomic E-state index is 12.4. The molecule has 5 aromatic rings. The number of aliphatic hydroxyl groups is 1. The number of hydrogen-bond donors (Lipinski definition) is 4. The number of benzene rings is 2. The number of carbonyl (C=O) groups excluding carboxylic acids is 2. The Hall–Kier alpha value is -0.367. The zero-order valence-electron chi connectivity index (χ0n) is 40.6. The van der Waals surface area contributed by atoms with E-state index in [1.54, 1.807) is 39.5 Å². The minimum atomic E-state index is -2.08. The molecule has 2 atom stereocenters. The Kier molecular flexibility index (Phi) is 39.8. The average molecular weight is 1470 g/mol. The molecule has 0 bridgehead atoms. The summed E-state index contributed by atoms with van der Waals surface area (Å²) < 4.78 is 24.0. The fourth-order valence-electron chi connectivity index (χ4n) is 7.36. The number of rotatable bonds is 10. The van der Waals surface area contributed by atoms with Crippen molar-refractivity contribution in [2.75, 3.05) is 45.0 Å². The van der Waals surface area contributed by atoms with E-state index in [0.29, 0.717) is 42.4 Å². The molecule has 370 valence electrons. The molecule has 3 aromatic heterocycles. The quantitative estimate of drug-likeness (QED) is 0.0506. The Balaban J connectivity index is 0.000000890. The average Bonchev–Trinajstić information content (AvgIpc) is 3.63. The predicted molar refractivity (Wildman–Crippen MR) is 271 cm³/mol. The van der Waals surface area contributed by atoms with E-state index in [1.165, 1.54) is 10.5 Å². The van der Waals surface area contributed by atoms with E-state index in [2.05, 4.69) is 79.9 Å². The van der Waals surface area contributed by atoms with E-state index < -0.39 is 12.1 Å². The molecule has 2 saturated heterocycles. The van der Waals surface area contributed by atoms with Crippen molar-refractivity contribution in [3.8, 4) is 16.9 Å². The van der Waals surface area contributed by atoms with Crippen molar-refractivity contribution in [3.63, 3.8) is 0 Å². The number of nitrogens with zero attached hydrogens (tertiary/aromatic N) is 3. The molecule has 2 unspecified atom stereocenters.